The van der Waals surface area contributed by atoms with E-state index in [1.165, 1.54) is 0 Å². The van der Waals surface area contributed by atoms with E-state index in [-0.39, 0.29) is 4.70 Å². The molecule has 0 radical (unpaired) electrons. The zero-order valence-electron chi connectivity index (χ0n) is 2.06. The molecule has 0 aromatic rings. The molecule has 0 atom stereocenters. The molecule has 2 nitrogen and oxygen atoms in total. The quantitative estimate of drug-likeness (QED) is 0.295. The van der Waals surface area contributed by atoms with Crippen LogP contribution in [0, 0.1) is 5.41 Å². The van der Waals surface area contributed by atoms with E-state index in [1.54, 1.807) is 0 Å². The van der Waals surface area contributed by atoms with Gasteiger partial charge in [-0.15, -0.1) is 0 Å². The zero-order valence-corrected chi connectivity index (χ0v) is 2.06. The Morgan fingerprint density at radius 2 is 1.75 bits per heavy atom. The summed E-state index contributed by atoms with van der Waals surface area (Å²) in [5, 5.41) is 5.86. The van der Waals surface area contributed by atoms with Crippen molar-refractivity contribution in [1.29, 1.82) is 5.41 Å². The molecule has 0 rings (SSSR count). The predicted molar refractivity (Wildman–Crippen MR) is 15.5 cm³/mol. The van der Waals surface area contributed by atoms with Crippen LogP contribution in [0.25, 0.3) is 0 Å². The number of hydrogen-bond acceptors (Lipinski definition) is 1. The Bertz CT molecular complexity index is 13.5. The first-order chi connectivity index (χ1) is 1.41. The molecule has 0 heterocycles. The molecule has 3 N–H and O–H groups in total. The molecular weight excluding hydrogens is 59.0 g/mol. The molecular formula is CH5FN2. The van der Waals surface area contributed by atoms with Crippen LogP contribution in [-0.2, 0) is 0 Å². The van der Waals surface area contributed by atoms with E-state index in [9.17, 15) is 0 Å². The van der Waals surface area contributed by atoms with Gasteiger partial charge in [0.05, 0.1) is 6.34 Å². The Hall–Kier alpha value is -0.600. The van der Waals surface area contributed by atoms with Gasteiger partial charge in [-0.25, -0.2) is 0 Å². The second kappa shape index (κ2) is 29.4. The number of halogens is 1. The molecule has 3 heteroatoms. The maximum absolute atomic E-state index is 5.86. The average molecular weight is 64.1 g/mol. The second-order valence-electron chi connectivity index (χ2n) is 0.167. The molecule has 26 valence electrons. The standard InChI is InChI=1S/CH4N2.FH/c2-1-3;/h1H,(H3,2,3);1H. The first-order valence-electron chi connectivity index (χ1n) is 0.622. The third-order valence-electron chi connectivity index (χ3n) is 0. The number of nitrogens with one attached hydrogen (secondary N) is 1. The Morgan fingerprint density at radius 1 is 1.75 bits per heavy atom. The summed E-state index contributed by atoms with van der Waals surface area (Å²) in [7, 11) is 0. The minimum absolute atomic E-state index is 0. The maximum atomic E-state index is 5.86. The van der Waals surface area contributed by atoms with Gasteiger partial charge in [0.2, 0.25) is 0 Å². The van der Waals surface area contributed by atoms with Crippen molar-refractivity contribution in [3.8, 4) is 0 Å². The minimum Gasteiger partial charge on any atom is -0.390 e. The van der Waals surface area contributed by atoms with Gasteiger partial charge < -0.3 is 5.73 Å². The third-order valence-corrected chi connectivity index (χ3v) is 0. The molecule has 4 heavy (non-hydrogen) atoms. The summed E-state index contributed by atoms with van der Waals surface area (Å²) in [4.78, 5) is 0. The van der Waals surface area contributed by atoms with Gasteiger partial charge in [-0.1, -0.05) is 0 Å². The summed E-state index contributed by atoms with van der Waals surface area (Å²) in [6, 6.07) is 0. The molecule has 0 bridgehead atoms. The molecule has 0 spiro atoms. The van der Waals surface area contributed by atoms with Gasteiger partial charge in [0.25, 0.3) is 0 Å². The van der Waals surface area contributed by atoms with Crippen molar-refractivity contribution in [3.05, 3.63) is 0 Å². The minimum atomic E-state index is 0. The van der Waals surface area contributed by atoms with Crippen molar-refractivity contribution in [2.75, 3.05) is 0 Å². The van der Waals surface area contributed by atoms with Crippen LogP contribution in [0.1, 0.15) is 0 Å². The lowest BCUT2D eigenvalue weighted by Gasteiger charge is -1.38. The molecule has 0 saturated carbocycles. The van der Waals surface area contributed by atoms with E-state index in [0.29, 0.717) is 0 Å². The lowest BCUT2D eigenvalue weighted by atomic mass is 11.4. The molecule has 0 aliphatic carbocycles. The van der Waals surface area contributed by atoms with Gasteiger partial charge in [-0.05, 0) is 0 Å². The van der Waals surface area contributed by atoms with Crippen LogP contribution in [0.4, 0.5) is 4.70 Å². The van der Waals surface area contributed by atoms with Gasteiger partial charge in [0.1, 0.15) is 0 Å². The highest BCUT2D eigenvalue weighted by Gasteiger charge is 1.10. The average Bonchev–Trinajstić information content (AvgIpc) is 0.918. The van der Waals surface area contributed by atoms with Crippen LogP contribution in [0.5, 0.6) is 0 Å². The normalized spacial score (nSPS) is 3.00. The van der Waals surface area contributed by atoms with Gasteiger partial charge in [-0.2, -0.15) is 0 Å². The van der Waals surface area contributed by atoms with Crippen LogP contribution in [-0.4, -0.2) is 6.34 Å². The monoisotopic (exact) mass is 64.0 g/mol. The molecule has 0 amide bonds. The van der Waals surface area contributed by atoms with Gasteiger partial charge in [-0.3, -0.25) is 10.1 Å². The first-order valence-corrected chi connectivity index (χ1v) is 0.622. The lowest BCUT2D eigenvalue weighted by molar-refractivity contribution is 1.11. The van der Waals surface area contributed by atoms with E-state index >= 15 is 0 Å². The highest BCUT2D eigenvalue weighted by atomic mass is 19.0. The fourth-order valence-electron chi connectivity index (χ4n) is 0. The molecule has 0 saturated heterocycles. The number of hydrogen-bond donors (Lipinski definition) is 2. The third kappa shape index (κ3) is 0.622. The summed E-state index contributed by atoms with van der Waals surface area (Å²) in [5.74, 6) is 0. The summed E-state index contributed by atoms with van der Waals surface area (Å²) >= 11 is 0. The van der Waals surface area contributed by atoms with Crippen molar-refractivity contribution in [1.82, 2.24) is 0 Å². The van der Waals surface area contributed by atoms with E-state index in [4.69, 9.17) is 5.41 Å². The second-order valence-corrected chi connectivity index (χ2v) is 0.167. The smallest absolute Gasteiger partial charge is 0.0765 e. The van der Waals surface area contributed by atoms with Crippen LogP contribution in [0.2, 0.25) is 0 Å². The van der Waals surface area contributed by atoms with Crippen molar-refractivity contribution >= 4 is 6.34 Å². The van der Waals surface area contributed by atoms with Crippen LogP contribution >= 0.6 is 0 Å². The van der Waals surface area contributed by atoms with Gasteiger partial charge in [0.15, 0.2) is 0 Å². The van der Waals surface area contributed by atoms with E-state index in [0.717, 1.165) is 6.34 Å². The molecule has 0 unspecified atom stereocenters. The Morgan fingerprint density at radius 3 is 1.75 bits per heavy atom. The zero-order chi connectivity index (χ0) is 2.71. The Balaban J connectivity index is 0. The predicted octanol–water partition coefficient (Wildman–Crippen LogP) is -0.295. The van der Waals surface area contributed by atoms with Crippen LogP contribution in [0.3, 0.4) is 0 Å². The summed E-state index contributed by atoms with van der Waals surface area (Å²) < 4.78 is 0. The van der Waals surface area contributed by atoms with Crippen molar-refractivity contribution in [3.63, 3.8) is 0 Å². The topological polar surface area (TPSA) is 49.9 Å². The highest BCUT2D eigenvalue weighted by Crippen LogP contribution is 0.879. The fraction of sp³-hybridized carbons (Fsp3) is 0. The lowest BCUT2D eigenvalue weighted by Crippen LogP contribution is -1.81. The Labute approximate surface area is 23.5 Å². The number of rotatable bonds is 0. The van der Waals surface area contributed by atoms with Gasteiger partial charge in [0, 0.05) is 0 Å². The van der Waals surface area contributed by atoms with Crippen molar-refractivity contribution in [2.24, 2.45) is 5.73 Å². The summed E-state index contributed by atoms with van der Waals surface area (Å²) in [5.41, 5.74) is 4.39. The van der Waals surface area contributed by atoms with Gasteiger partial charge >= 0.3 is 0 Å². The molecule has 0 aromatic carbocycles. The van der Waals surface area contributed by atoms with E-state index < -0.39 is 0 Å². The van der Waals surface area contributed by atoms with Crippen LogP contribution < -0.4 is 5.73 Å². The first kappa shape index (κ1) is 9.99. The molecule has 0 aromatic heterocycles. The number of nitrogens with two attached hydrogens (primary N) is 1. The highest BCUT2D eigenvalue weighted by molar-refractivity contribution is 5.46. The van der Waals surface area contributed by atoms with E-state index in [2.05, 4.69) is 5.73 Å². The summed E-state index contributed by atoms with van der Waals surface area (Å²) in [6.45, 7) is 0. The van der Waals surface area contributed by atoms with Crippen LogP contribution in [0.15, 0.2) is 0 Å². The molecule has 0 fully saturated rings. The Kier molecular flexibility index (Phi) is 73.4. The van der Waals surface area contributed by atoms with E-state index in [1.807, 2.05) is 0 Å². The molecule has 0 aliphatic rings. The fourth-order valence-corrected chi connectivity index (χ4v) is 0. The maximum Gasteiger partial charge on any atom is 0.0765 e. The van der Waals surface area contributed by atoms with Crippen molar-refractivity contribution < 1.29 is 4.70 Å². The summed E-state index contributed by atoms with van der Waals surface area (Å²) in [6.07, 6.45) is 0.750. The molecule has 0 aliphatic heterocycles. The largest absolute Gasteiger partial charge is 0.390 e. The SMILES string of the molecule is F.N=CN. The van der Waals surface area contributed by atoms with Crippen molar-refractivity contribution in [2.45, 2.75) is 0 Å².